The van der Waals surface area contributed by atoms with Crippen molar-refractivity contribution >= 4 is 28.6 Å². The Balaban J connectivity index is 2.05. The molecule has 1 N–H and O–H groups in total. The van der Waals surface area contributed by atoms with E-state index >= 15 is 0 Å². The molecule has 0 aromatic carbocycles. The lowest BCUT2D eigenvalue weighted by Crippen LogP contribution is -2.25. The Morgan fingerprint density at radius 3 is 2.95 bits per heavy atom. The van der Waals surface area contributed by atoms with Gasteiger partial charge in [-0.3, -0.25) is 4.79 Å². The summed E-state index contributed by atoms with van der Waals surface area (Å²) < 4.78 is 0. The maximum Gasteiger partial charge on any atom is 0.264 e. The largest absolute Gasteiger partial charge is 0.384 e. The summed E-state index contributed by atoms with van der Waals surface area (Å²) in [7, 11) is 1.82. The Labute approximate surface area is 132 Å². The molecule has 0 saturated heterocycles. The highest BCUT2D eigenvalue weighted by Gasteiger charge is 2.17. The third-order valence-corrected chi connectivity index (χ3v) is 4.87. The van der Waals surface area contributed by atoms with Crippen molar-refractivity contribution in [1.82, 2.24) is 4.90 Å². The highest BCUT2D eigenvalue weighted by Crippen LogP contribution is 2.21. The summed E-state index contributed by atoms with van der Waals surface area (Å²) in [6.07, 6.45) is 0.873. The molecular formula is C16H17NO2S2. The number of aliphatic hydroxyl groups is 1. The smallest absolute Gasteiger partial charge is 0.264 e. The molecule has 0 aliphatic rings. The van der Waals surface area contributed by atoms with E-state index in [1.165, 1.54) is 22.7 Å². The van der Waals surface area contributed by atoms with Gasteiger partial charge < -0.3 is 10.0 Å². The standard InChI is InChI=1S/C16H17NO2S2/c1-3-13-6-8-20-15(13)16(19)17(2)10-12-9-14(21-11-12)5-4-7-18/h6,8-9,11,18H,3,7,10H2,1-2H3. The molecule has 0 aliphatic carbocycles. The number of thiophene rings is 2. The van der Waals surface area contributed by atoms with Gasteiger partial charge in [0.1, 0.15) is 6.61 Å². The Bertz CT molecular complexity index is 676. The Morgan fingerprint density at radius 2 is 2.24 bits per heavy atom. The van der Waals surface area contributed by atoms with E-state index in [1.807, 2.05) is 29.9 Å². The van der Waals surface area contributed by atoms with Crippen molar-refractivity contribution < 1.29 is 9.90 Å². The van der Waals surface area contributed by atoms with Crippen molar-refractivity contribution in [3.63, 3.8) is 0 Å². The summed E-state index contributed by atoms with van der Waals surface area (Å²) in [6, 6.07) is 3.98. The highest BCUT2D eigenvalue weighted by molar-refractivity contribution is 7.12. The summed E-state index contributed by atoms with van der Waals surface area (Å²) in [4.78, 5) is 15.9. The van der Waals surface area contributed by atoms with Crippen LogP contribution in [-0.4, -0.2) is 29.6 Å². The first-order valence-electron chi connectivity index (χ1n) is 6.64. The highest BCUT2D eigenvalue weighted by atomic mass is 32.1. The number of hydrogen-bond acceptors (Lipinski definition) is 4. The molecule has 0 aliphatic heterocycles. The summed E-state index contributed by atoms with van der Waals surface area (Å²) in [6.45, 7) is 2.49. The molecular weight excluding hydrogens is 302 g/mol. The monoisotopic (exact) mass is 319 g/mol. The minimum absolute atomic E-state index is 0.0658. The van der Waals surface area contributed by atoms with Crippen molar-refractivity contribution in [1.29, 1.82) is 0 Å². The zero-order valence-electron chi connectivity index (χ0n) is 12.0. The van der Waals surface area contributed by atoms with Crippen LogP contribution in [0.3, 0.4) is 0 Å². The number of rotatable bonds is 4. The molecule has 0 fully saturated rings. The molecule has 3 nitrogen and oxygen atoms in total. The SMILES string of the molecule is CCc1ccsc1C(=O)N(C)Cc1csc(C#CCO)c1. The lowest BCUT2D eigenvalue weighted by atomic mass is 10.2. The minimum Gasteiger partial charge on any atom is -0.384 e. The summed E-state index contributed by atoms with van der Waals surface area (Å²) >= 11 is 3.03. The Morgan fingerprint density at radius 1 is 1.43 bits per heavy atom. The van der Waals surface area contributed by atoms with Crippen molar-refractivity contribution in [2.24, 2.45) is 0 Å². The number of aryl methyl sites for hydroxylation is 1. The maximum absolute atomic E-state index is 12.4. The zero-order chi connectivity index (χ0) is 15.2. The predicted octanol–water partition coefficient (Wildman–Crippen LogP) is 2.99. The fraction of sp³-hybridized carbons (Fsp3) is 0.312. The van der Waals surface area contributed by atoms with E-state index < -0.39 is 0 Å². The lowest BCUT2D eigenvalue weighted by molar-refractivity contribution is 0.0789. The minimum atomic E-state index is -0.135. The second kappa shape index (κ2) is 7.41. The molecule has 0 spiro atoms. The topological polar surface area (TPSA) is 40.5 Å². The summed E-state index contributed by atoms with van der Waals surface area (Å²) in [5.74, 6) is 5.57. The van der Waals surface area contributed by atoms with Gasteiger partial charge in [0.15, 0.2) is 0 Å². The van der Waals surface area contributed by atoms with E-state index in [2.05, 4.69) is 18.8 Å². The van der Waals surface area contributed by atoms with Crippen LogP contribution in [-0.2, 0) is 13.0 Å². The number of hydrogen-bond donors (Lipinski definition) is 1. The third kappa shape index (κ3) is 3.94. The van der Waals surface area contributed by atoms with Crippen LogP contribution in [0.25, 0.3) is 0 Å². The molecule has 0 unspecified atom stereocenters. The first-order valence-corrected chi connectivity index (χ1v) is 8.40. The van der Waals surface area contributed by atoms with Crippen LogP contribution in [0.2, 0.25) is 0 Å². The lowest BCUT2D eigenvalue weighted by Gasteiger charge is -2.16. The van der Waals surface area contributed by atoms with E-state index in [-0.39, 0.29) is 12.5 Å². The van der Waals surface area contributed by atoms with Crippen molar-refractivity contribution in [3.8, 4) is 11.8 Å². The van der Waals surface area contributed by atoms with Gasteiger partial charge in [-0.2, -0.15) is 0 Å². The first-order chi connectivity index (χ1) is 10.2. The average molecular weight is 319 g/mol. The number of amides is 1. The zero-order valence-corrected chi connectivity index (χ0v) is 13.7. The summed E-state index contributed by atoms with van der Waals surface area (Å²) in [5, 5.41) is 12.7. The van der Waals surface area contributed by atoms with Crippen LogP contribution in [0.1, 0.15) is 32.6 Å². The third-order valence-electron chi connectivity index (χ3n) is 3.03. The van der Waals surface area contributed by atoms with Gasteiger partial charge in [-0.05, 0) is 40.4 Å². The van der Waals surface area contributed by atoms with Crippen LogP contribution >= 0.6 is 22.7 Å². The fourth-order valence-corrected chi connectivity index (χ4v) is 3.73. The van der Waals surface area contributed by atoms with Crippen LogP contribution in [0, 0.1) is 11.8 Å². The van der Waals surface area contributed by atoms with Gasteiger partial charge in [-0.25, -0.2) is 0 Å². The van der Waals surface area contributed by atoms with Crippen LogP contribution in [0.15, 0.2) is 22.9 Å². The van der Waals surface area contributed by atoms with Crippen LogP contribution < -0.4 is 0 Å². The average Bonchev–Trinajstić information content (AvgIpc) is 3.12. The summed E-state index contributed by atoms with van der Waals surface area (Å²) in [5.41, 5.74) is 2.17. The molecule has 1 amide bonds. The second-order valence-corrected chi connectivity index (χ2v) is 6.40. The number of nitrogens with zero attached hydrogens (tertiary/aromatic N) is 1. The maximum atomic E-state index is 12.4. The normalized spacial score (nSPS) is 10.0. The molecule has 2 heterocycles. The van der Waals surface area contributed by atoms with E-state index in [1.54, 1.807) is 4.90 Å². The van der Waals surface area contributed by atoms with E-state index in [0.717, 1.165) is 27.3 Å². The van der Waals surface area contributed by atoms with Gasteiger partial charge in [0.2, 0.25) is 0 Å². The molecule has 0 radical (unpaired) electrons. The van der Waals surface area contributed by atoms with E-state index in [4.69, 9.17) is 5.11 Å². The van der Waals surface area contributed by atoms with Gasteiger partial charge in [0, 0.05) is 13.6 Å². The van der Waals surface area contributed by atoms with Crippen LogP contribution in [0.5, 0.6) is 0 Å². The number of aliphatic hydroxyl groups excluding tert-OH is 1. The Kier molecular flexibility index (Phi) is 5.57. The predicted molar refractivity (Wildman–Crippen MR) is 87.8 cm³/mol. The van der Waals surface area contributed by atoms with E-state index in [9.17, 15) is 4.79 Å². The molecule has 0 saturated carbocycles. The molecule has 2 rings (SSSR count). The van der Waals surface area contributed by atoms with Crippen molar-refractivity contribution in [2.45, 2.75) is 19.9 Å². The molecule has 2 aromatic heterocycles. The molecule has 0 bridgehead atoms. The van der Waals surface area contributed by atoms with E-state index in [0.29, 0.717) is 6.54 Å². The molecule has 21 heavy (non-hydrogen) atoms. The molecule has 110 valence electrons. The number of carbonyl (C=O) groups is 1. The van der Waals surface area contributed by atoms with Crippen molar-refractivity contribution in [3.05, 3.63) is 43.8 Å². The Hall–Kier alpha value is -1.61. The quantitative estimate of drug-likeness (QED) is 0.880. The molecule has 2 aromatic rings. The van der Waals surface area contributed by atoms with Gasteiger partial charge in [-0.1, -0.05) is 18.8 Å². The van der Waals surface area contributed by atoms with Crippen LogP contribution in [0.4, 0.5) is 0 Å². The van der Waals surface area contributed by atoms with Gasteiger partial charge >= 0.3 is 0 Å². The fourth-order valence-electron chi connectivity index (χ4n) is 1.97. The van der Waals surface area contributed by atoms with Gasteiger partial charge in [-0.15, -0.1) is 22.7 Å². The van der Waals surface area contributed by atoms with Crippen molar-refractivity contribution in [2.75, 3.05) is 13.7 Å². The first kappa shape index (κ1) is 15.8. The number of carbonyl (C=O) groups excluding carboxylic acids is 1. The molecule has 0 atom stereocenters. The van der Waals surface area contributed by atoms with Gasteiger partial charge in [0.05, 0.1) is 9.75 Å². The molecule has 5 heteroatoms. The van der Waals surface area contributed by atoms with Gasteiger partial charge in [0.25, 0.3) is 5.91 Å². The second-order valence-electron chi connectivity index (χ2n) is 4.57.